The third-order valence-corrected chi connectivity index (χ3v) is 21.8. The number of anilines is 1. The first-order chi connectivity index (χ1) is 58.0. The quantitative estimate of drug-likeness (QED) is 0.0222. The molecular weight excluding hydrogens is 1660 g/mol. The number of phenolic OH excluding ortho intramolecular Hbond substituents is 3. The number of amides is 7. The number of rotatable bonds is 25. The molecule has 0 aromatic heterocycles. The number of benzene rings is 6. The molecule has 664 valence electrons. The van der Waals surface area contributed by atoms with E-state index < -0.39 is 285 Å². The van der Waals surface area contributed by atoms with Crippen molar-refractivity contribution in [2.75, 3.05) is 45.5 Å². The van der Waals surface area contributed by atoms with Crippen molar-refractivity contribution in [2.24, 2.45) is 40.7 Å². The number of Topliss-reactive ketones (excluding diaryl/α,β-unsaturated/α-hetero) is 3. The lowest BCUT2D eigenvalue weighted by atomic mass is 9.85. The average molecular weight is 1760 g/mol. The minimum absolute atomic E-state index is 0.0466. The molecule has 1 unspecified atom stereocenters. The highest BCUT2D eigenvalue weighted by atomic mass is 35.5. The second-order valence-electron chi connectivity index (χ2n) is 31.2. The predicted molar refractivity (Wildman–Crippen MR) is 431 cm³/mol. The molecule has 0 saturated carbocycles. The number of primary amides is 3. The smallest absolute Gasteiger partial charge is 0.256 e. The van der Waals surface area contributed by atoms with Crippen LogP contribution in [0.3, 0.4) is 0 Å². The van der Waals surface area contributed by atoms with Crippen LogP contribution in [0, 0.1) is 17.8 Å². The van der Waals surface area contributed by atoms with Gasteiger partial charge in [-0.1, -0.05) is 56.1 Å². The summed E-state index contributed by atoms with van der Waals surface area (Å²) in [5, 5.41) is 137. The van der Waals surface area contributed by atoms with Crippen LogP contribution in [0.4, 0.5) is 5.69 Å². The number of aliphatic hydroxyl groups excluding tert-OH is 5. The van der Waals surface area contributed by atoms with Gasteiger partial charge in [0.05, 0.1) is 73.1 Å². The Morgan fingerprint density at radius 1 is 0.740 bits per heavy atom. The molecule has 0 aliphatic carbocycles. The Morgan fingerprint density at radius 2 is 1.41 bits per heavy atom. The predicted octanol–water partition coefficient (Wildman–Crippen LogP) is 3.36. The Kier molecular flexibility index (Phi) is 30.8. The van der Waals surface area contributed by atoms with E-state index in [-0.39, 0.29) is 77.5 Å². The van der Waals surface area contributed by atoms with Crippen molar-refractivity contribution in [3.05, 3.63) is 134 Å². The van der Waals surface area contributed by atoms with Gasteiger partial charge in [0.15, 0.2) is 52.8 Å². The molecule has 2 fully saturated rings. The summed E-state index contributed by atoms with van der Waals surface area (Å²) < 4.78 is 54.6. The minimum Gasteiger partial charge on any atom is -0.508 e. The fraction of sp³-hybridized carbons (Fsp3) is 0.446. The Labute approximate surface area is 712 Å². The van der Waals surface area contributed by atoms with Crippen LogP contribution >= 0.6 is 23.2 Å². The summed E-state index contributed by atoms with van der Waals surface area (Å²) in [6, 6.07) is 9.74. The van der Waals surface area contributed by atoms with Gasteiger partial charge in [-0.3, -0.25) is 47.9 Å². The molecule has 9 bridgehead atoms. The van der Waals surface area contributed by atoms with E-state index in [1.165, 1.54) is 45.2 Å². The number of aromatic hydroxyl groups is 4. The van der Waals surface area contributed by atoms with Gasteiger partial charge >= 0.3 is 0 Å². The fourth-order valence-corrected chi connectivity index (χ4v) is 15.3. The third-order valence-electron chi connectivity index (χ3n) is 21.2. The lowest BCUT2D eigenvalue weighted by Gasteiger charge is -2.47. The third kappa shape index (κ3) is 22.6. The van der Waals surface area contributed by atoms with E-state index in [1.807, 2.05) is 13.8 Å². The molecule has 40 heteroatoms. The summed E-state index contributed by atoms with van der Waals surface area (Å²) in [5.41, 5.74) is 19.1. The number of nitrogens with two attached hydrogens (primary N) is 4. The van der Waals surface area contributed by atoms with Crippen molar-refractivity contribution in [1.82, 2.24) is 16.0 Å². The number of phenols is 4. The van der Waals surface area contributed by atoms with Gasteiger partial charge in [-0.05, 0) is 128 Å². The summed E-state index contributed by atoms with van der Waals surface area (Å²) in [6.07, 6.45) is -20.6. The first-order valence-electron chi connectivity index (χ1n) is 38.9. The summed E-state index contributed by atoms with van der Waals surface area (Å²) in [4.78, 5) is 143. The molecule has 123 heavy (non-hydrogen) atoms. The van der Waals surface area contributed by atoms with Crippen molar-refractivity contribution in [1.29, 1.82) is 0 Å². The van der Waals surface area contributed by atoms with E-state index >= 15 is 9.59 Å². The number of ketones is 3. The largest absolute Gasteiger partial charge is 0.508 e. The number of methoxy groups -OCH3 is 1. The second-order valence-corrected chi connectivity index (χ2v) is 32.0. The molecule has 38 nitrogen and oxygen atoms in total. The fourth-order valence-electron chi connectivity index (χ4n) is 14.9. The van der Waals surface area contributed by atoms with E-state index in [9.17, 15) is 94.5 Å². The molecular formula is C83H98Cl2N8O30. The maximum atomic E-state index is 16.1. The van der Waals surface area contributed by atoms with Gasteiger partial charge in [0.1, 0.15) is 89.2 Å². The first kappa shape index (κ1) is 94.3. The molecule has 6 aliphatic heterocycles. The number of nitrogens with one attached hydrogen (secondary N) is 4. The average Bonchev–Trinajstić information content (AvgIpc) is 0.768. The Bertz CT molecular complexity index is 4990. The van der Waals surface area contributed by atoms with E-state index in [4.69, 9.17) is 88.8 Å². The van der Waals surface area contributed by atoms with Crippen LogP contribution in [0.2, 0.25) is 10.0 Å². The van der Waals surface area contributed by atoms with Gasteiger partial charge < -0.3 is 143 Å². The molecule has 6 aliphatic rings. The van der Waals surface area contributed by atoms with Crippen molar-refractivity contribution < 1.29 is 147 Å². The van der Waals surface area contributed by atoms with Gasteiger partial charge in [0, 0.05) is 72.9 Å². The highest BCUT2D eigenvalue weighted by Crippen LogP contribution is 2.51. The SMILES string of the molecule is COc1ccc(NC(=O)COCCOCCCC(=O)[C@@H]2NC(=O)CC(O)(O)c3ccc(c(Cl)c3)Oc3cc4cc(c3OC3O[C@@H](CO)[C@@H](O)[C@H](O)[C@@H]3O[C@@H]3C[C@](C)(N)[C@H](O)[C@@H](C)O3)Oc3ccc(cc3Cl)[C@@H](O)[C@@H](NC(=O)[C@H](C)CC(C)C)C(=O)C[C@@H](CC(N)=O)C(=O)N[C@H]4C(=O)C[C@@H](C(N)=O)c3ccc(O)c(c3)-c3c(O)cc(O)cc32)c(O)c1C(N)=O. The molecule has 6 aromatic rings. The van der Waals surface area contributed by atoms with Crippen molar-refractivity contribution >= 4 is 87.6 Å². The highest BCUT2D eigenvalue weighted by molar-refractivity contribution is 6.32. The minimum atomic E-state index is -3.29. The van der Waals surface area contributed by atoms with Gasteiger partial charge in [0.25, 0.3) is 5.91 Å². The normalized spacial score (nSPS) is 25.2. The van der Waals surface area contributed by atoms with Crippen LogP contribution in [0.25, 0.3) is 11.1 Å². The van der Waals surface area contributed by atoms with Crippen molar-refractivity contribution in [2.45, 2.75) is 177 Å². The molecule has 6 aromatic carbocycles. The molecule has 7 amide bonds. The van der Waals surface area contributed by atoms with Crippen molar-refractivity contribution in [3.63, 3.8) is 0 Å². The lowest BCUT2D eigenvalue weighted by Crippen LogP contribution is -2.64. The second kappa shape index (κ2) is 40.2. The Hall–Kier alpha value is -10.9. The number of ether oxygens (including phenoxy) is 9. The molecule has 16 atom stereocenters. The van der Waals surface area contributed by atoms with Crippen LogP contribution in [-0.4, -0.2) is 216 Å². The van der Waals surface area contributed by atoms with E-state index in [0.717, 1.165) is 66.7 Å². The molecule has 23 N–H and O–H groups in total. The van der Waals surface area contributed by atoms with Crippen LogP contribution in [0.15, 0.2) is 91.0 Å². The van der Waals surface area contributed by atoms with Gasteiger partial charge in [0.2, 0.25) is 47.5 Å². The summed E-state index contributed by atoms with van der Waals surface area (Å²) in [6.45, 7) is 6.01. The van der Waals surface area contributed by atoms with E-state index in [1.54, 1.807) is 6.92 Å². The number of hydrogen-bond acceptors (Lipinski definition) is 31. The number of hydrogen-bond donors (Lipinski definition) is 19. The number of carbonyl (C=O) groups excluding carboxylic acids is 10. The Morgan fingerprint density at radius 3 is 2.03 bits per heavy atom. The number of carbonyl (C=O) groups is 10. The van der Waals surface area contributed by atoms with E-state index in [0.29, 0.717) is 6.42 Å². The highest BCUT2D eigenvalue weighted by Gasteiger charge is 2.52. The number of halogens is 2. The van der Waals surface area contributed by atoms with Crippen LogP contribution in [0.5, 0.6) is 57.5 Å². The van der Waals surface area contributed by atoms with Gasteiger partial charge in [-0.2, -0.15) is 0 Å². The zero-order valence-corrected chi connectivity index (χ0v) is 68.8. The zero-order valence-electron chi connectivity index (χ0n) is 67.3. The summed E-state index contributed by atoms with van der Waals surface area (Å²) >= 11 is 14.2. The van der Waals surface area contributed by atoms with Crippen LogP contribution in [-0.2, 0) is 72.6 Å². The van der Waals surface area contributed by atoms with Crippen LogP contribution in [0.1, 0.15) is 148 Å². The van der Waals surface area contributed by atoms with Gasteiger partial charge in [-0.15, -0.1) is 0 Å². The topological polar surface area (TPSA) is 628 Å². The molecule has 12 rings (SSSR count). The van der Waals surface area contributed by atoms with E-state index in [2.05, 4.69) is 21.3 Å². The number of fused-ring (bicyclic) bond motifs is 16. The van der Waals surface area contributed by atoms with Crippen molar-refractivity contribution in [3.8, 4) is 68.6 Å². The molecule has 0 spiro atoms. The monoisotopic (exact) mass is 1760 g/mol. The molecule has 6 heterocycles. The first-order valence-corrected chi connectivity index (χ1v) is 39.7. The lowest BCUT2D eigenvalue weighted by molar-refractivity contribution is -0.333. The number of aliphatic hydroxyl groups is 7. The zero-order chi connectivity index (χ0) is 90.1. The summed E-state index contributed by atoms with van der Waals surface area (Å²) in [7, 11) is 1.24. The molecule has 2 saturated heterocycles. The maximum absolute atomic E-state index is 16.1. The van der Waals surface area contributed by atoms with Gasteiger partial charge in [-0.25, -0.2) is 0 Å². The summed E-state index contributed by atoms with van der Waals surface area (Å²) in [5.74, 6) is -24.7. The maximum Gasteiger partial charge on any atom is 0.256 e. The Balaban J connectivity index is 1.11. The van der Waals surface area contributed by atoms with Crippen LogP contribution < -0.4 is 63.1 Å². The standard InChI is InChI=1S/C83H98Cl2N8O30/c1-35(2)20-36(3)79(111)93-69-53(99)23-41(26-61(86)101)80(112)92-67-40-24-58(119-55-14-10-39(70(69)104)22-47(55)84)74(123-81-75(73(107)72(106)60(33-94)121-81)122-64-32-82(5,89)76(108)37(4)118-64)59(25-40)120-56-15-11-42(27-48(56)85)83(113,114)31-62(102)91-68(46-28-43(95)29-52(98)65(46)45-21-38(9-13-50(45)96)44(77(87)109)30-54(67)100)51(97)8-7-17-116-18-19-117-34-63(103)90-49-12-16-57(115-6)66(71(49)105)78(88)110/h9-16,21-22,24-25,27-29,35-37,41,44,60,64,67-70,72-73,75-76,81,94-96,98,104-108,113-114H,7-8,17-20,23,26,30-34,89H2,1-6H3,(H2,86,101)(H2,87,109)(H2,88,110)(H,90,103)(H,91,102)(H,92,112)(H,93,111)/t36-,37-,41+,44-,60+,64-,67-,68-,69+,70-,72-,73+,75+,76-,81?,82+/m1/s1. The molecule has 0 radical (unpaired) electrons.